The number of likely N-dealkylation sites (tertiary alicyclic amines) is 1. The second-order valence-electron chi connectivity index (χ2n) is 11.4. The van der Waals surface area contributed by atoms with Gasteiger partial charge < -0.3 is 24.6 Å². The van der Waals surface area contributed by atoms with Crippen LogP contribution in [0.4, 0.5) is 11.5 Å². The lowest BCUT2D eigenvalue weighted by atomic mass is 9.93. The molecule has 0 spiro atoms. The fourth-order valence-electron chi connectivity index (χ4n) is 6.08. The predicted octanol–water partition coefficient (Wildman–Crippen LogP) is 5.16. The maximum atomic E-state index is 12.9. The minimum Gasteiger partial charge on any atom is -0.457 e. The van der Waals surface area contributed by atoms with E-state index >= 15 is 0 Å². The zero-order chi connectivity index (χ0) is 28.9. The van der Waals surface area contributed by atoms with Gasteiger partial charge in [0.25, 0.3) is 0 Å². The van der Waals surface area contributed by atoms with Crippen LogP contribution in [0.15, 0.2) is 54.7 Å². The number of nitrogens with one attached hydrogen (secondary N) is 1. The summed E-state index contributed by atoms with van der Waals surface area (Å²) in [6, 6.07) is 15.5. The number of hydrogen-bond acceptors (Lipinski definition) is 8. The summed E-state index contributed by atoms with van der Waals surface area (Å²) >= 11 is 6.13. The molecule has 10 heteroatoms. The molecule has 42 heavy (non-hydrogen) atoms. The van der Waals surface area contributed by atoms with Crippen molar-refractivity contribution in [1.29, 1.82) is 0 Å². The number of rotatable bonds is 8. The van der Waals surface area contributed by atoms with Gasteiger partial charge in [0.1, 0.15) is 23.1 Å². The van der Waals surface area contributed by atoms with Crippen LogP contribution >= 0.6 is 11.6 Å². The highest BCUT2D eigenvalue weighted by atomic mass is 35.5. The maximum absolute atomic E-state index is 12.9. The lowest BCUT2D eigenvalue weighted by Gasteiger charge is -2.39. The summed E-state index contributed by atoms with van der Waals surface area (Å²) in [6.45, 7) is 9.10. The Balaban J connectivity index is 1.07. The molecular weight excluding hydrogens is 552 g/mol. The van der Waals surface area contributed by atoms with Crippen molar-refractivity contribution in [3.8, 4) is 11.5 Å². The summed E-state index contributed by atoms with van der Waals surface area (Å²) in [5.41, 5.74) is 2.10. The monoisotopic (exact) mass is 590 g/mol. The van der Waals surface area contributed by atoms with E-state index in [1.54, 1.807) is 6.07 Å². The quantitative estimate of drug-likeness (QED) is 0.385. The van der Waals surface area contributed by atoms with Gasteiger partial charge >= 0.3 is 0 Å². The number of piperidine rings is 1. The van der Waals surface area contributed by atoms with Gasteiger partial charge in [-0.15, -0.1) is 0 Å². The first-order valence-electron chi connectivity index (χ1n) is 15.0. The highest BCUT2D eigenvalue weighted by Crippen LogP contribution is 2.36. The van der Waals surface area contributed by atoms with Crippen molar-refractivity contribution in [1.82, 2.24) is 19.8 Å². The predicted molar refractivity (Wildman–Crippen MR) is 164 cm³/mol. The van der Waals surface area contributed by atoms with E-state index < -0.39 is 0 Å². The molecule has 222 valence electrons. The van der Waals surface area contributed by atoms with Crippen LogP contribution < -0.4 is 15.0 Å². The summed E-state index contributed by atoms with van der Waals surface area (Å²) in [6.07, 6.45) is 4.95. The number of fused-ring (bicyclic) bond motifs is 1. The first-order valence-corrected chi connectivity index (χ1v) is 15.3. The highest BCUT2D eigenvalue weighted by molar-refractivity contribution is 6.30. The Morgan fingerprint density at radius 2 is 1.79 bits per heavy atom. The fraction of sp³-hybridized carbons (Fsp3) is 0.469. The molecule has 0 aliphatic carbocycles. The van der Waals surface area contributed by atoms with Gasteiger partial charge in [0, 0.05) is 67.8 Å². The van der Waals surface area contributed by atoms with Gasteiger partial charge in [-0.05, 0) is 62.4 Å². The van der Waals surface area contributed by atoms with E-state index in [2.05, 4.69) is 26.2 Å². The summed E-state index contributed by atoms with van der Waals surface area (Å²) in [5.74, 6) is 4.02. The number of amides is 1. The molecule has 1 atom stereocenters. The van der Waals surface area contributed by atoms with Crippen molar-refractivity contribution in [3.63, 3.8) is 0 Å². The Kier molecular flexibility index (Phi) is 9.07. The van der Waals surface area contributed by atoms with Crippen LogP contribution in [0.2, 0.25) is 5.02 Å². The lowest BCUT2D eigenvalue weighted by molar-refractivity contribution is -0.134. The second kappa shape index (κ2) is 13.3. The molecule has 3 aliphatic rings. The molecule has 0 saturated carbocycles. The van der Waals surface area contributed by atoms with Crippen LogP contribution in [0.3, 0.4) is 0 Å². The molecule has 2 fully saturated rings. The minimum atomic E-state index is 0.0953. The standard InChI is InChI=1S/C32H39ClN6O3/c1-23-34-20-29-30(36-26-5-3-7-28(19-26)42-27-6-2-4-25(33)18-27)10-13-39(32(29)35-23)21-24-8-11-38(12-9-24)31(40)22-37-14-16-41-17-15-37/h2-7,18-20,24,30,36H,8-17,21-22H2,1H3. The van der Waals surface area contributed by atoms with E-state index in [1.165, 1.54) is 0 Å². The number of aryl methyl sites for hydroxylation is 1. The van der Waals surface area contributed by atoms with Crippen molar-refractivity contribution < 1.29 is 14.3 Å². The molecule has 3 aromatic rings. The Bertz CT molecular complexity index is 1380. The summed E-state index contributed by atoms with van der Waals surface area (Å²) in [4.78, 5) is 29.0. The van der Waals surface area contributed by atoms with E-state index in [1.807, 2.05) is 54.4 Å². The SMILES string of the molecule is Cc1ncc2c(n1)N(CC1CCN(C(=O)CN3CCOCC3)CC1)CCC2Nc1cccc(Oc2cccc(Cl)c2)c1. The lowest BCUT2D eigenvalue weighted by Crippen LogP contribution is -2.48. The van der Waals surface area contributed by atoms with Crippen molar-refractivity contribution in [3.05, 3.63) is 71.1 Å². The van der Waals surface area contributed by atoms with Gasteiger partial charge in [-0.3, -0.25) is 9.69 Å². The van der Waals surface area contributed by atoms with E-state index in [9.17, 15) is 4.79 Å². The zero-order valence-corrected chi connectivity index (χ0v) is 24.9. The molecule has 1 amide bonds. The topological polar surface area (TPSA) is 83.1 Å². The number of anilines is 2. The number of benzene rings is 2. The van der Waals surface area contributed by atoms with Crippen LogP contribution in [0.5, 0.6) is 11.5 Å². The summed E-state index contributed by atoms with van der Waals surface area (Å²) in [5, 5.41) is 4.34. The molecule has 1 N–H and O–H groups in total. The molecule has 1 aromatic heterocycles. The third-order valence-electron chi connectivity index (χ3n) is 8.39. The normalized spacial score (nSPS) is 19.8. The molecule has 0 radical (unpaired) electrons. The van der Waals surface area contributed by atoms with E-state index in [4.69, 9.17) is 26.1 Å². The molecule has 1 unspecified atom stereocenters. The van der Waals surface area contributed by atoms with Crippen LogP contribution in [0.25, 0.3) is 0 Å². The van der Waals surface area contributed by atoms with Crippen molar-refractivity contribution >= 4 is 29.0 Å². The van der Waals surface area contributed by atoms with E-state index in [0.29, 0.717) is 23.2 Å². The average Bonchev–Trinajstić information content (AvgIpc) is 2.99. The molecular formula is C32H39ClN6O3. The first-order chi connectivity index (χ1) is 20.5. The summed E-state index contributed by atoms with van der Waals surface area (Å²) in [7, 11) is 0. The van der Waals surface area contributed by atoms with Gasteiger partial charge in [0.15, 0.2) is 0 Å². The highest BCUT2D eigenvalue weighted by Gasteiger charge is 2.31. The fourth-order valence-corrected chi connectivity index (χ4v) is 6.27. The number of morpholine rings is 1. The largest absolute Gasteiger partial charge is 0.457 e. The molecule has 2 aromatic carbocycles. The van der Waals surface area contributed by atoms with Crippen LogP contribution in [0, 0.1) is 12.8 Å². The van der Waals surface area contributed by atoms with Gasteiger partial charge in [-0.2, -0.15) is 0 Å². The Morgan fingerprint density at radius 1 is 1.02 bits per heavy atom. The van der Waals surface area contributed by atoms with Crippen molar-refractivity contribution in [2.75, 3.05) is 69.2 Å². The zero-order valence-electron chi connectivity index (χ0n) is 24.2. The van der Waals surface area contributed by atoms with Crippen LogP contribution in [0.1, 0.15) is 36.7 Å². The number of nitrogens with zero attached hydrogens (tertiary/aromatic N) is 5. The second-order valence-corrected chi connectivity index (χ2v) is 11.9. The summed E-state index contributed by atoms with van der Waals surface area (Å²) < 4.78 is 11.5. The number of aromatic nitrogens is 2. The first kappa shape index (κ1) is 28.7. The Hall–Kier alpha value is -3.40. The number of halogens is 1. The molecule has 3 aliphatic heterocycles. The smallest absolute Gasteiger partial charge is 0.236 e. The van der Waals surface area contributed by atoms with Crippen LogP contribution in [-0.2, 0) is 9.53 Å². The number of hydrogen-bond donors (Lipinski definition) is 1. The van der Waals surface area contributed by atoms with Gasteiger partial charge in [-0.25, -0.2) is 9.97 Å². The van der Waals surface area contributed by atoms with Crippen molar-refractivity contribution in [2.24, 2.45) is 5.92 Å². The maximum Gasteiger partial charge on any atom is 0.236 e. The minimum absolute atomic E-state index is 0.0953. The van der Waals surface area contributed by atoms with Gasteiger partial charge in [0.05, 0.1) is 25.8 Å². The molecule has 4 heterocycles. The molecule has 2 saturated heterocycles. The number of carbonyl (C=O) groups is 1. The Labute approximate surface area is 252 Å². The average molecular weight is 591 g/mol. The third-order valence-corrected chi connectivity index (χ3v) is 8.63. The van der Waals surface area contributed by atoms with Gasteiger partial charge in [-0.1, -0.05) is 23.7 Å². The van der Waals surface area contributed by atoms with E-state index in [0.717, 1.165) is 100 Å². The van der Waals surface area contributed by atoms with Gasteiger partial charge in [0.2, 0.25) is 5.91 Å². The Morgan fingerprint density at radius 3 is 2.57 bits per heavy atom. The molecule has 0 bridgehead atoms. The van der Waals surface area contributed by atoms with E-state index in [-0.39, 0.29) is 11.9 Å². The third kappa shape index (κ3) is 7.14. The molecule has 6 rings (SSSR count). The van der Waals surface area contributed by atoms with Crippen LogP contribution in [-0.4, -0.2) is 84.7 Å². The number of ether oxygens (including phenoxy) is 2. The number of carbonyl (C=O) groups excluding carboxylic acids is 1. The molecule has 9 nitrogen and oxygen atoms in total. The van der Waals surface area contributed by atoms with Crippen molar-refractivity contribution in [2.45, 2.75) is 32.2 Å².